The lowest BCUT2D eigenvalue weighted by Gasteiger charge is -2.18. The van der Waals surface area contributed by atoms with Crippen molar-refractivity contribution >= 4 is 16.8 Å². The monoisotopic (exact) mass is 590 g/mol. The second-order valence-electron chi connectivity index (χ2n) is 10.7. The molecule has 0 bridgehead atoms. The van der Waals surface area contributed by atoms with Crippen LogP contribution in [0.3, 0.4) is 0 Å². The van der Waals surface area contributed by atoms with Crippen LogP contribution in [0.25, 0.3) is 11.1 Å². The maximum atomic E-state index is 14.8. The molecule has 2 aliphatic carbocycles. The van der Waals surface area contributed by atoms with Crippen LogP contribution in [0, 0.1) is 11.6 Å². The third-order valence-electron chi connectivity index (χ3n) is 7.65. The molecule has 0 aromatic heterocycles. The fourth-order valence-electron chi connectivity index (χ4n) is 5.83. The highest BCUT2D eigenvalue weighted by Gasteiger charge is 2.34. The van der Waals surface area contributed by atoms with Crippen molar-refractivity contribution in [3.05, 3.63) is 94.3 Å². The summed E-state index contributed by atoms with van der Waals surface area (Å²) in [6.45, 7) is 1.94. The molecular formula is C32H32F6N2O2. The fourth-order valence-corrected chi connectivity index (χ4v) is 5.83. The molecule has 224 valence electrons. The van der Waals surface area contributed by atoms with Gasteiger partial charge in [-0.25, -0.2) is 8.78 Å². The molecule has 2 aromatic rings. The maximum Gasteiger partial charge on any atom is 0.573 e. The largest absolute Gasteiger partial charge is 0.573 e. The van der Waals surface area contributed by atoms with Gasteiger partial charge in [0.2, 0.25) is 5.75 Å². The van der Waals surface area contributed by atoms with Crippen LogP contribution >= 0.6 is 0 Å². The third-order valence-corrected chi connectivity index (χ3v) is 7.65. The lowest BCUT2D eigenvalue weighted by atomic mass is 9.87. The van der Waals surface area contributed by atoms with Gasteiger partial charge in [-0.1, -0.05) is 24.3 Å². The van der Waals surface area contributed by atoms with Crippen LogP contribution in [-0.4, -0.2) is 43.7 Å². The average molecular weight is 591 g/mol. The second-order valence-corrected chi connectivity index (χ2v) is 10.7. The van der Waals surface area contributed by atoms with Crippen LogP contribution in [-0.2, 0) is 11.2 Å². The van der Waals surface area contributed by atoms with Crippen LogP contribution in [0.15, 0.2) is 66.0 Å². The van der Waals surface area contributed by atoms with Gasteiger partial charge >= 0.3 is 6.36 Å². The molecular weight excluding hydrogens is 558 g/mol. The van der Waals surface area contributed by atoms with Crippen molar-refractivity contribution in [1.29, 1.82) is 0 Å². The van der Waals surface area contributed by atoms with Crippen molar-refractivity contribution < 1.29 is 35.8 Å². The minimum absolute atomic E-state index is 0.000971. The second kappa shape index (κ2) is 12.7. The van der Waals surface area contributed by atoms with E-state index in [-0.39, 0.29) is 18.3 Å². The van der Waals surface area contributed by atoms with E-state index >= 15 is 0 Å². The van der Waals surface area contributed by atoms with Crippen molar-refractivity contribution in [2.75, 3.05) is 32.0 Å². The smallest absolute Gasteiger partial charge is 0.493 e. The number of rotatable bonds is 8. The summed E-state index contributed by atoms with van der Waals surface area (Å²) in [5, 5.41) is 0. The topological polar surface area (TPSA) is 47.7 Å². The summed E-state index contributed by atoms with van der Waals surface area (Å²) in [6.07, 6.45) is 6.02. The Morgan fingerprint density at radius 2 is 1.81 bits per heavy atom. The lowest BCUT2D eigenvalue weighted by molar-refractivity contribution is -0.276. The Labute approximate surface area is 240 Å². The van der Waals surface area contributed by atoms with Crippen molar-refractivity contribution in [3.8, 4) is 5.75 Å². The van der Waals surface area contributed by atoms with E-state index in [0.29, 0.717) is 49.9 Å². The maximum absolute atomic E-state index is 14.8. The van der Waals surface area contributed by atoms with E-state index in [1.165, 1.54) is 0 Å². The number of nitrogens with two attached hydrogens (primary N) is 1. The van der Waals surface area contributed by atoms with Gasteiger partial charge in [0, 0.05) is 31.7 Å². The van der Waals surface area contributed by atoms with Gasteiger partial charge in [-0.15, -0.1) is 13.2 Å². The number of alkyl halides is 4. The molecule has 4 nitrogen and oxygen atoms in total. The Bertz CT molecular complexity index is 1420. The highest BCUT2D eigenvalue weighted by atomic mass is 19.4. The SMILES string of the molecule is Nc1ccc2c(c1)CCCC(c1cc(F)c(OC(F)(F)F)c(F)c1)=C2C1=CC=C(O[C@H]2CCN(CCCF)C2)CC=C1. The predicted molar refractivity (Wildman–Crippen MR) is 150 cm³/mol. The van der Waals surface area contributed by atoms with Gasteiger partial charge in [0.15, 0.2) is 11.6 Å². The van der Waals surface area contributed by atoms with Gasteiger partial charge in [0.1, 0.15) is 11.9 Å². The van der Waals surface area contributed by atoms with Crippen LogP contribution < -0.4 is 10.5 Å². The molecule has 42 heavy (non-hydrogen) atoms. The molecule has 0 spiro atoms. The summed E-state index contributed by atoms with van der Waals surface area (Å²) in [5.41, 5.74) is 10.7. The first-order valence-corrected chi connectivity index (χ1v) is 14.0. The minimum atomic E-state index is -5.23. The minimum Gasteiger partial charge on any atom is -0.493 e. The zero-order valence-corrected chi connectivity index (χ0v) is 23.0. The van der Waals surface area contributed by atoms with E-state index in [1.807, 2.05) is 36.4 Å². The predicted octanol–water partition coefficient (Wildman–Crippen LogP) is 7.91. The molecule has 1 aliphatic heterocycles. The molecule has 10 heteroatoms. The normalized spacial score (nSPS) is 19.6. The molecule has 1 fully saturated rings. The van der Waals surface area contributed by atoms with Crippen LogP contribution in [0.5, 0.6) is 5.75 Å². The van der Waals surface area contributed by atoms with E-state index in [4.69, 9.17) is 10.5 Å². The number of aryl methyl sites for hydroxylation is 1. The number of nitrogen functional groups attached to an aromatic ring is 1. The van der Waals surface area contributed by atoms with E-state index < -0.39 is 23.7 Å². The first-order valence-electron chi connectivity index (χ1n) is 14.0. The zero-order chi connectivity index (χ0) is 29.9. The number of nitrogens with zero attached hydrogens (tertiary/aromatic N) is 1. The first kappa shape index (κ1) is 29.8. The number of allylic oxidation sites excluding steroid dienone is 7. The van der Waals surface area contributed by atoms with Gasteiger partial charge in [-0.2, -0.15) is 0 Å². The van der Waals surface area contributed by atoms with Crippen molar-refractivity contribution in [2.24, 2.45) is 0 Å². The van der Waals surface area contributed by atoms with Gasteiger partial charge in [-0.05, 0) is 95.9 Å². The van der Waals surface area contributed by atoms with Gasteiger partial charge in [0.25, 0.3) is 0 Å². The molecule has 2 aromatic carbocycles. The Morgan fingerprint density at radius 3 is 2.55 bits per heavy atom. The first-order chi connectivity index (χ1) is 20.1. The van der Waals surface area contributed by atoms with E-state index in [1.54, 1.807) is 6.07 Å². The number of ether oxygens (including phenoxy) is 2. The summed E-state index contributed by atoms with van der Waals surface area (Å²) >= 11 is 0. The summed E-state index contributed by atoms with van der Waals surface area (Å²) < 4.78 is 90.4. The third kappa shape index (κ3) is 7.03. The number of benzene rings is 2. The molecule has 0 radical (unpaired) electrons. The Hall–Kier alpha value is -3.66. The average Bonchev–Trinajstić information content (AvgIpc) is 3.13. The summed E-state index contributed by atoms with van der Waals surface area (Å²) in [6, 6.07) is 7.28. The molecule has 0 saturated carbocycles. The molecule has 1 heterocycles. The number of likely N-dealkylation sites (tertiary alicyclic amines) is 1. The molecule has 2 N–H and O–H groups in total. The highest BCUT2D eigenvalue weighted by Crippen LogP contribution is 2.43. The quantitative estimate of drug-likeness (QED) is 0.251. The standard InChI is InChI=1S/C32H32F6N2O2/c33-13-3-14-40-15-12-25(19-40)41-24-6-1-4-20(8-10-24)30-26(7-2-5-21-16-23(39)9-11-27(21)30)22-17-28(34)31(29(35)18-22)42-32(36,37)38/h1,4,8-11,16-18,25H,2-3,5-7,12-15,19,39H2/t25-/m0/s1. The van der Waals surface area contributed by atoms with Crippen molar-refractivity contribution in [3.63, 3.8) is 0 Å². The van der Waals surface area contributed by atoms with E-state index in [2.05, 4.69) is 9.64 Å². The van der Waals surface area contributed by atoms with Crippen molar-refractivity contribution in [2.45, 2.75) is 51.0 Å². The number of hydrogen-bond donors (Lipinski definition) is 1. The summed E-state index contributed by atoms with van der Waals surface area (Å²) in [7, 11) is 0. The lowest BCUT2D eigenvalue weighted by Crippen LogP contribution is -2.24. The number of fused-ring (bicyclic) bond motifs is 1. The molecule has 3 aliphatic rings. The van der Waals surface area contributed by atoms with Crippen molar-refractivity contribution in [1.82, 2.24) is 4.90 Å². The number of hydrogen-bond acceptors (Lipinski definition) is 4. The molecule has 0 unspecified atom stereocenters. The Morgan fingerprint density at radius 1 is 1.02 bits per heavy atom. The fraction of sp³-hybridized carbons (Fsp3) is 0.375. The highest BCUT2D eigenvalue weighted by molar-refractivity contribution is 6.01. The zero-order valence-electron chi connectivity index (χ0n) is 23.0. The number of anilines is 1. The molecule has 5 rings (SSSR count). The van der Waals surface area contributed by atoms with Crippen LogP contribution in [0.1, 0.15) is 48.8 Å². The summed E-state index contributed by atoms with van der Waals surface area (Å²) in [4.78, 5) is 2.19. The van der Waals surface area contributed by atoms with E-state index in [9.17, 15) is 26.3 Å². The van der Waals surface area contributed by atoms with Gasteiger partial charge < -0.3 is 15.2 Å². The van der Waals surface area contributed by atoms with Crippen LogP contribution in [0.4, 0.5) is 32.0 Å². The van der Waals surface area contributed by atoms with Gasteiger partial charge in [-0.3, -0.25) is 9.29 Å². The molecule has 1 saturated heterocycles. The van der Waals surface area contributed by atoms with Gasteiger partial charge in [0.05, 0.1) is 6.67 Å². The number of halogens is 6. The molecule has 0 amide bonds. The van der Waals surface area contributed by atoms with E-state index in [0.717, 1.165) is 59.7 Å². The Balaban J connectivity index is 1.53. The Kier molecular flexibility index (Phi) is 9.01. The van der Waals surface area contributed by atoms with Crippen LogP contribution in [0.2, 0.25) is 0 Å². The summed E-state index contributed by atoms with van der Waals surface area (Å²) in [5.74, 6) is -3.59. The molecule has 1 atom stereocenters.